The monoisotopic (exact) mass is 708 g/mol. The summed E-state index contributed by atoms with van der Waals surface area (Å²) in [5.41, 5.74) is 0. The maximum Gasteiger partial charge on any atom is 0.333 e. The van der Waals surface area contributed by atoms with Crippen molar-refractivity contribution in [2.75, 3.05) is 13.2 Å². The minimum Gasteiger partial charge on any atom is -0.462 e. The van der Waals surface area contributed by atoms with Gasteiger partial charge in [-0.2, -0.15) is 0 Å². The number of hydroxylamine groups is 2. The van der Waals surface area contributed by atoms with E-state index >= 15 is 0 Å². The van der Waals surface area contributed by atoms with E-state index in [1.165, 1.54) is 96.3 Å². The zero-order chi connectivity index (χ0) is 36.7. The zero-order valence-electron chi connectivity index (χ0n) is 31.4. The number of nitrogens with one attached hydrogen (secondary N) is 1. The van der Waals surface area contributed by atoms with Crippen LogP contribution in [0.4, 0.5) is 0 Å². The summed E-state index contributed by atoms with van der Waals surface area (Å²) < 4.78 is 11.0. The summed E-state index contributed by atoms with van der Waals surface area (Å²) in [6.07, 6.45) is 24.8. The lowest BCUT2D eigenvalue weighted by Crippen LogP contribution is -2.38. The summed E-state index contributed by atoms with van der Waals surface area (Å²) in [6, 6.07) is 0. The van der Waals surface area contributed by atoms with E-state index in [1.807, 2.05) is 0 Å². The second-order valence-electron chi connectivity index (χ2n) is 13.7. The topological polar surface area (TPSA) is 145 Å². The van der Waals surface area contributed by atoms with Crippen LogP contribution in [0.5, 0.6) is 0 Å². The Morgan fingerprint density at radius 1 is 0.560 bits per heavy atom. The van der Waals surface area contributed by atoms with Crippen LogP contribution in [-0.2, 0) is 43.1 Å². The average molecular weight is 709 g/mol. The predicted octanol–water partition coefficient (Wildman–Crippen LogP) is 8.35. The molecule has 1 aliphatic rings. The van der Waals surface area contributed by atoms with Crippen molar-refractivity contribution in [3.8, 4) is 0 Å². The van der Waals surface area contributed by atoms with E-state index in [-0.39, 0.29) is 57.6 Å². The highest BCUT2D eigenvalue weighted by molar-refractivity contribution is 6.01. The third-order valence-electron chi connectivity index (χ3n) is 8.98. The summed E-state index contributed by atoms with van der Waals surface area (Å²) in [7, 11) is 0. The first-order valence-electron chi connectivity index (χ1n) is 19.9. The highest BCUT2D eigenvalue weighted by Crippen LogP contribution is 2.15. The Hall–Kier alpha value is -2.98. The molecule has 288 valence electrons. The van der Waals surface area contributed by atoms with Crippen molar-refractivity contribution >= 4 is 35.6 Å². The molecular weight excluding hydrogens is 640 g/mol. The summed E-state index contributed by atoms with van der Waals surface area (Å²) >= 11 is 0. The summed E-state index contributed by atoms with van der Waals surface area (Å²) in [5.74, 6) is -3.36. The number of unbranched alkanes of at least 4 members (excludes halogenated alkanes) is 20. The van der Waals surface area contributed by atoms with Crippen LogP contribution in [0.25, 0.3) is 0 Å². The van der Waals surface area contributed by atoms with E-state index in [4.69, 9.17) is 14.3 Å². The van der Waals surface area contributed by atoms with Crippen LogP contribution in [0.15, 0.2) is 0 Å². The second kappa shape index (κ2) is 30.8. The number of amides is 3. The minimum atomic E-state index is -0.880. The van der Waals surface area contributed by atoms with Crippen LogP contribution >= 0.6 is 0 Å². The molecule has 0 saturated carbocycles. The van der Waals surface area contributed by atoms with Gasteiger partial charge in [0.1, 0.15) is 6.61 Å². The van der Waals surface area contributed by atoms with Gasteiger partial charge in [0.15, 0.2) is 6.10 Å². The van der Waals surface area contributed by atoms with E-state index in [2.05, 4.69) is 19.2 Å². The van der Waals surface area contributed by atoms with Crippen LogP contribution in [0, 0.1) is 0 Å². The first kappa shape index (κ1) is 45.0. The molecule has 0 aromatic carbocycles. The number of imide groups is 1. The molecule has 50 heavy (non-hydrogen) atoms. The lowest BCUT2D eigenvalue weighted by molar-refractivity contribution is -0.197. The molecule has 0 aliphatic carbocycles. The number of nitrogens with zero attached hydrogens (tertiary/aromatic N) is 1. The van der Waals surface area contributed by atoms with Gasteiger partial charge in [-0.05, 0) is 12.8 Å². The summed E-state index contributed by atoms with van der Waals surface area (Å²) in [6.45, 7) is 4.18. The molecule has 0 spiro atoms. The molecule has 0 radical (unpaired) electrons. The molecule has 1 saturated heterocycles. The summed E-state index contributed by atoms with van der Waals surface area (Å²) in [5, 5.41) is 3.06. The average Bonchev–Trinajstić information content (AvgIpc) is 3.41. The number of esters is 2. The fraction of sp³-hybridized carbons (Fsp3) is 0.846. The van der Waals surface area contributed by atoms with E-state index in [0.29, 0.717) is 11.5 Å². The van der Waals surface area contributed by atoms with Gasteiger partial charge in [0, 0.05) is 32.1 Å². The van der Waals surface area contributed by atoms with Gasteiger partial charge < -0.3 is 19.6 Å². The third kappa shape index (κ3) is 25.0. The standard InChI is InChI=1S/C39H68N2O9/c1-3-5-7-9-11-13-15-17-19-21-23-25-37(45)48-32-33(49-38(46)26-24-22-20-18-16-14-12-10-8-6-4-2)31-40-34(42)27-30-39(47)50-41-35(43)28-29-36(41)44/h33H,3-32H2,1-2H3,(H,40,42)/t33-/m1/s1. The number of rotatable bonds is 33. The lowest BCUT2D eigenvalue weighted by atomic mass is 10.1. The van der Waals surface area contributed by atoms with Crippen molar-refractivity contribution in [2.24, 2.45) is 0 Å². The Morgan fingerprint density at radius 3 is 1.44 bits per heavy atom. The highest BCUT2D eigenvalue weighted by atomic mass is 16.7. The third-order valence-corrected chi connectivity index (χ3v) is 8.98. The van der Waals surface area contributed by atoms with Gasteiger partial charge in [-0.25, -0.2) is 4.79 Å². The van der Waals surface area contributed by atoms with Gasteiger partial charge in [0.2, 0.25) is 5.91 Å². The van der Waals surface area contributed by atoms with Gasteiger partial charge in [-0.3, -0.25) is 24.0 Å². The number of ether oxygens (including phenoxy) is 2. The zero-order valence-corrected chi connectivity index (χ0v) is 31.4. The molecule has 3 amide bonds. The van der Waals surface area contributed by atoms with E-state index in [9.17, 15) is 28.8 Å². The molecular formula is C39H68N2O9. The molecule has 11 heteroatoms. The summed E-state index contributed by atoms with van der Waals surface area (Å²) in [4.78, 5) is 77.6. The fourth-order valence-electron chi connectivity index (χ4n) is 5.84. The van der Waals surface area contributed by atoms with Crippen LogP contribution < -0.4 is 5.32 Å². The van der Waals surface area contributed by atoms with Crippen LogP contribution in [0.2, 0.25) is 0 Å². The van der Waals surface area contributed by atoms with E-state index < -0.39 is 35.8 Å². The van der Waals surface area contributed by atoms with E-state index in [0.717, 1.165) is 38.5 Å². The highest BCUT2D eigenvalue weighted by Gasteiger charge is 2.32. The number of carbonyl (C=O) groups excluding carboxylic acids is 6. The molecule has 11 nitrogen and oxygen atoms in total. The predicted molar refractivity (Wildman–Crippen MR) is 192 cm³/mol. The van der Waals surface area contributed by atoms with Crippen LogP contribution in [0.3, 0.4) is 0 Å². The smallest absolute Gasteiger partial charge is 0.333 e. The van der Waals surface area contributed by atoms with Gasteiger partial charge in [0.25, 0.3) is 11.8 Å². The van der Waals surface area contributed by atoms with Gasteiger partial charge >= 0.3 is 17.9 Å². The Kier molecular flexibility index (Phi) is 27.8. The minimum absolute atomic E-state index is 0.0180. The van der Waals surface area contributed by atoms with Gasteiger partial charge in [-0.1, -0.05) is 142 Å². The van der Waals surface area contributed by atoms with Crippen molar-refractivity contribution in [3.63, 3.8) is 0 Å². The van der Waals surface area contributed by atoms with E-state index in [1.54, 1.807) is 0 Å². The lowest BCUT2D eigenvalue weighted by Gasteiger charge is -2.19. The maximum atomic E-state index is 12.6. The Morgan fingerprint density at radius 2 is 0.980 bits per heavy atom. The number of hydrogen-bond donors (Lipinski definition) is 1. The molecule has 0 bridgehead atoms. The van der Waals surface area contributed by atoms with Crippen LogP contribution in [0.1, 0.15) is 194 Å². The Balaban J connectivity index is 2.37. The normalized spacial score (nSPS) is 13.4. The largest absolute Gasteiger partial charge is 0.462 e. The first-order valence-corrected chi connectivity index (χ1v) is 19.9. The molecule has 1 heterocycles. The van der Waals surface area contributed by atoms with Crippen molar-refractivity contribution in [3.05, 3.63) is 0 Å². The number of carbonyl (C=O) groups is 6. The fourth-order valence-corrected chi connectivity index (χ4v) is 5.84. The SMILES string of the molecule is CCCCCCCCCCCCCC(=O)OC[C@@H](CNC(=O)CCC(=O)ON1C(=O)CCC1=O)OC(=O)CCCCCCCCCCCCC. The maximum absolute atomic E-state index is 12.6. The molecule has 1 rings (SSSR count). The second-order valence-corrected chi connectivity index (χ2v) is 13.7. The van der Waals surface area contributed by atoms with Crippen molar-refractivity contribution in [2.45, 2.75) is 200 Å². The Labute approximate surface area is 301 Å². The van der Waals surface area contributed by atoms with Crippen molar-refractivity contribution in [1.82, 2.24) is 10.4 Å². The molecule has 1 atom stereocenters. The molecule has 1 N–H and O–H groups in total. The Bertz CT molecular complexity index is 955. The van der Waals surface area contributed by atoms with Crippen molar-refractivity contribution < 1.29 is 43.1 Å². The molecule has 0 unspecified atom stereocenters. The molecule has 1 fully saturated rings. The quantitative estimate of drug-likeness (QED) is 0.0404. The molecule has 0 aromatic heterocycles. The first-order chi connectivity index (χ1) is 24.3. The van der Waals surface area contributed by atoms with Gasteiger partial charge in [0.05, 0.1) is 13.0 Å². The van der Waals surface area contributed by atoms with Crippen molar-refractivity contribution in [1.29, 1.82) is 0 Å². The number of hydrogen-bond acceptors (Lipinski definition) is 9. The van der Waals surface area contributed by atoms with Crippen LogP contribution in [-0.4, -0.2) is 59.9 Å². The van der Waals surface area contributed by atoms with Gasteiger partial charge in [-0.15, -0.1) is 5.06 Å². The molecule has 0 aromatic rings. The molecule has 1 aliphatic heterocycles.